The normalized spacial score (nSPS) is 10.7. The number of hydrogen-bond donors (Lipinski definition) is 1. The Hall–Kier alpha value is -2.73. The molecule has 0 bridgehead atoms. The molecule has 0 saturated carbocycles. The molecule has 0 saturated heterocycles. The maximum atomic E-state index is 12.5. The Bertz CT molecular complexity index is 781. The minimum Gasteiger partial charge on any atom is -0.490 e. The molecule has 6 nitrogen and oxygen atoms in total. The van der Waals surface area contributed by atoms with Crippen molar-refractivity contribution in [2.45, 2.75) is 20.8 Å². The molecule has 0 fully saturated rings. The third-order valence-electron chi connectivity index (χ3n) is 3.45. The summed E-state index contributed by atoms with van der Waals surface area (Å²) >= 11 is 6.06. The molecule has 0 heterocycles. The van der Waals surface area contributed by atoms with Crippen LogP contribution in [0.15, 0.2) is 41.5 Å². The number of benzene rings is 2. The summed E-state index contributed by atoms with van der Waals surface area (Å²) in [5.74, 6) is 0.983. The average Bonchev–Trinajstić information content (AvgIpc) is 2.66. The quantitative estimate of drug-likeness (QED) is 0.512. The molecular weight excluding hydrogens is 368 g/mol. The van der Waals surface area contributed by atoms with Gasteiger partial charge in [0.15, 0.2) is 11.5 Å². The third-order valence-corrected chi connectivity index (χ3v) is 3.79. The topological polar surface area (TPSA) is 69.2 Å². The summed E-state index contributed by atoms with van der Waals surface area (Å²) in [5.41, 5.74) is 3.54. The van der Waals surface area contributed by atoms with Crippen molar-refractivity contribution >= 4 is 23.7 Å². The van der Waals surface area contributed by atoms with Crippen molar-refractivity contribution in [1.29, 1.82) is 0 Å². The van der Waals surface area contributed by atoms with E-state index in [4.69, 9.17) is 25.8 Å². The second-order valence-corrected chi connectivity index (χ2v) is 5.73. The van der Waals surface area contributed by atoms with Gasteiger partial charge >= 0.3 is 0 Å². The molecule has 0 aromatic heterocycles. The van der Waals surface area contributed by atoms with E-state index >= 15 is 0 Å². The van der Waals surface area contributed by atoms with E-state index in [0.717, 1.165) is 0 Å². The number of halogens is 1. The molecule has 0 aliphatic heterocycles. The van der Waals surface area contributed by atoms with Crippen LogP contribution in [-0.4, -0.2) is 31.9 Å². The molecule has 0 aliphatic carbocycles. The van der Waals surface area contributed by atoms with Crippen LogP contribution in [0.25, 0.3) is 0 Å². The molecule has 0 atom stereocenters. The van der Waals surface area contributed by atoms with Crippen molar-refractivity contribution < 1.29 is 19.0 Å². The van der Waals surface area contributed by atoms with Crippen LogP contribution in [0.5, 0.6) is 17.2 Å². The monoisotopic (exact) mass is 390 g/mol. The zero-order valence-electron chi connectivity index (χ0n) is 15.6. The van der Waals surface area contributed by atoms with Crippen LogP contribution >= 0.6 is 11.6 Å². The number of nitrogens with one attached hydrogen (secondary N) is 1. The van der Waals surface area contributed by atoms with Gasteiger partial charge in [0, 0.05) is 16.1 Å². The predicted molar refractivity (Wildman–Crippen MR) is 106 cm³/mol. The molecule has 2 rings (SSSR count). The summed E-state index contributed by atoms with van der Waals surface area (Å²) in [4.78, 5) is 12.5. The van der Waals surface area contributed by atoms with Crippen LogP contribution in [0, 0.1) is 0 Å². The number of carbonyl (C=O) groups excluding carboxylic acids is 1. The SMILES string of the molecule is CCOc1cc(C(=O)N/N=C/c2ccccc2Cl)cc(OCC)c1OCC. The fraction of sp³-hybridized carbons (Fsp3) is 0.300. The van der Waals surface area contributed by atoms with Gasteiger partial charge in [0.05, 0.1) is 26.0 Å². The maximum absolute atomic E-state index is 12.5. The Morgan fingerprint density at radius 3 is 2.19 bits per heavy atom. The highest BCUT2D eigenvalue weighted by Gasteiger charge is 2.18. The third kappa shape index (κ3) is 5.62. The predicted octanol–water partition coefficient (Wildman–Crippen LogP) is 4.30. The number of nitrogens with zero attached hydrogens (tertiary/aromatic N) is 1. The summed E-state index contributed by atoms with van der Waals surface area (Å²) < 4.78 is 16.9. The lowest BCUT2D eigenvalue weighted by Gasteiger charge is -2.16. The first kappa shape index (κ1) is 20.6. The van der Waals surface area contributed by atoms with E-state index in [1.54, 1.807) is 24.3 Å². The van der Waals surface area contributed by atoms with E-state index < -0.39 is 5.91 Å². The van der Waals surface area contributed by atoms with E-state index in [-0.39, 0.29) is 0 Å². The highest BCUT2D eigenvalue weighted by Crippen LogP contribution is 2.39. The molecule has 7 heteroatoms. The van der Waals surface area contributed by atoms with Gasteiger partial charge in [0.1, 0.15) is 0 Å². The Labute approximate surface area is 164 Å². The number of rotatable bonds is 9. The van der Waals surface area contributed by atoms with Crippen molar-refractivity contribution in [3.63, 3.8) is 0 Å². The number of hydrogen-bond acceptors (Lipinski definition) is 5. The van der Waals surface area contributed by atoms with Crippen LogP contribution in [0.4, 0.5) is 0 Å². The van der Waals surface area contributed by atoms with Crippen molar-refractivity contribution in [2.24, 2.45) is 5.10 Å². The first-order valence-corrected chi connectivity index (χ1v) is 9.12. The molecule has 27 heavy (non-hydrogen) atoms. The van der Waals surface area contributed by atoms with Gasteiger partial charge in [-0.3, -0.25) is 4.79 Å². The van der Waals surface area contributed by atoms with Gasteiger partial charge in [0.25, 0.3) is 5.91 Å². The largest absolute Gasteiger partial charge is 0.490 e. The van der Waals surface area contributed by atoms with Crippen molar-refractivity contribution in [3.8, 4) is 17.2 Å². The van der Waals surface area contributed by atoms with Crippen molar-refractivity contribution in [3.05, 3.63) is 52.5 Å². The highest BCUT2D eigenvalue weighted by atomic mass is 35.5. The smallest absolute Gasteiger partial charge is 0.271 e. The lowest BCUT2D eigenvalue weighted by atomic mass is 10.1. The van der Waals surface area contributed by atoms with E-state index in [1.165, 1.54) is 6.21 Å². The molecule has 0 aliphatic rings. The van der Waals surface area contributed by atoms with E-state index in [2.05, 4.69) is 10.5 Å². The van der Waals surface area contributed by atoms with Crippen LogP contribution < -0.4 is 19.6 Å². The average molecular weight is 391 g/mol. The second kappa shape index (κ2) is 10.4. The van der Waals surface area contributed by atoms with Gasteiger partial charge in [-0.15, -0.1) is 0 Å². The van der Waals surface area contributed by atoms with Gasteiger partial charge in [-0.2, -0.15) is 5.10 Å². The molecule has 1 amide bonds. The van der Waals surface area contributed by atoms with Gasteiger partial charge in [0.2, 0.25) is 5.75 Å². The van der Waals surface area contributed by atoms with Gasteiger partial charge in [-0.1, -0.05) is 29.8 Å². The van der Waals surface area contributed by atoms with Crippen LogP contribution in [0.1, 0.15) is 36.7 Å². The van der Waals surface area contributed by atoms with Crippen LogP contribution in [-0.2, 0) is 0 Å². The van der Waals surface area contributed by atoms with Gasteiger partial charge in [-0.25, -0.2) is 5.43 Å². The summed E-state index contributed by atoms with van der Waals surface area (Å²) in [5, 5.41) is 4.52. The molecule has 0 unspecified atom stereocenters. The molecule has 2 aromatic rings. The number of amides is 1. The van der Waals surface area contributed by atoms with Crippen molar-refractivity contribution in [2.75, 3.05) is 19.8 Å². The lowest BCUT2D eigenvalue weighted by Crippen LogP contribution is -2.18. The fourth-order valence-electron chi connectivity index (χ4n) is 2.32. The first-order valence-electron chi connectivity index (χ1n) is 8.75. The minimum absolute atomic E-state index is 0.349. The fourth-order valence-corrected chi connectivity index (χ4v) is 2.51. The van der Waals surface area contributed by atoms with E-state index in [0.29, 0.717) is 53.2 Å². The molecule has 0 spiro atoms. The highest BCUT2D eigenvalue weighted by molar-refractivity contribution is 6.33. The minimum atomic E-state index is -0.400. The Morgan fingerprint density at radius 1 is 1.04 bits per heavy atom. The number of ether oxygens (including phenoxy) is 3. The van der Waals surface area contributed by atoms with E-state index in [1.807, 2.05) is 32.9 Å². The summed E-state index contributed by atoms with van der Waals surface area (Å²) in [6, 6.07) is 10.4. The zero-order chi connectivity index (χ0) is 19.6. The maximum Gasteiger partial charge on any atom is 0.271 e. The number of hydrazone groups is 1. The van der Waals surface area contributed by atoms with Crippen LogP contribution in [0.2, 0.25) is 5.02 Å². The Kier molecular flexibility index (Phi) is 7.95. The standard InChI is InChI=1S/C20H23ClN2O4/c1-4-25-17-11-15(12-18(26-5-2)19(17)27-6-3)20(24)23-22-13-14-9-7-8-10-16(14)21/h7-13H,4-6H2,1-3H3,(H,23,24)/b22-13+. The van der Waals surface area contributed by atoms with Crippen molar-refractivity contribution in [1.82, 2.24) is 5.43 Å². The Morgan fingerprint density at radius 2 is 1.63 bits per heavy atom. The zero-order valence-corrected chi connectivity index (χ0v) is 16.4. The molecule has 1 N–H and O–H groups in total. The van der Waals surface area contributed by atoms with Gasteiger partial charge < -0.3 is 14.2 Å². The molecule has 144 valence electrons. The first-order chi connectivity index (χ1) is 13.1. The summed E-state index contributed by atoms with van der Waals surface area (Å²) in [6.45, 7) is 6.90. The lowest BCUT2D eigenvalue weighted by molar-refractivity contribution is 0.0954. The Balaban J connectivity index is 2.25. The molecule has 2 aromatic carbocycles. The molecular formula is C20H23ClN2O4. The molecule has 0 radical (unpaired) electrons. The summed E-state index contributed by atoms with van der Waals surface area (Å²) in [6.07, 6.45) is 1.49. The number of carbonyl (C=O) groups is 1. The van der Waals surface area contributed by atoms with Gasteiger partial charge in [-0.05, 0) is 39.0 Å². The van der Waals surface area contributed by atoms with E-state index in [9.17, 15) is 4.79 Å². The summed E-state index contributed by atoms with van der Waals surface area (Å²) in [7, 11) is 0. The van der Waals surface area contributed by atoms with Crippen LogP contribution in [0.3, 0.4) is 0 Å². The second-order valence-electron chi connectivity index (χ2n) is 5.32.